The van der Waals surface area contributed by atoms with E-state index in [4.69, 9.17) is 0 Å². The molecule has 0 unspecified atom stereocenters. The zero-order chi connectivity index (χ0) is 11.1. The lowest BCUT2D eigenvalue weighted by molar-refractivity contribution is 0.342. The Balaban J connectivity index is 2.54. The lowest BCUT2D eigenvalue weighted by atomic mass is 10.2. The van der Waals surface area contributed by atoms with Gasteiger partial charge in [-0.3, -0.25) is 4.90 Å². The number of halogens is 1. The summed E-state index contributed by atoms with van der Waals surface area (Å²) >= 11 is 0. The highest BCUT2D eigenvalue weighted by atomic mass is 19.1. The van der Waals surface area contributed by atoms with E-state index in [-0.39, 0.29) is 5.82 Å². The van der Waals surface area contributed by atoms with E-state index >= 15 is 0 Å². The van der Waals surface area contributed by atoms with E-state index in [1.807, 2.05) is 0 Å². The second-order valence-corrected chi connectivity index (χ2v) is 3.27. The second kappa shape index (κ2) is 6.21. The van der Waals surface area contributed by atoms with Gasteiger partial charge in [-0.1, -0.05) is 25.7 Å². The minimum absolute atomic E-state index is 0.218. The highest BCUT2D eigenvalue weighted by Gasteiger charge is 1.93. The van der Waals surface area contributed by atoms with Crippen molar-refractivity contribution in [1.82, 2.24) is 4.90 Å². The molecule has 0 aliphatic carbocycles. The maximum Gasteiger partial charge on any atom is 0.123 e. The lowest BCUT2D eigenvalue weighted by Crippen LogP contribution is -2.22. The maximum absolute atomic E-state index is 12.6. The number of nitrogens with zero attached hydrogens (tertiary/aromatic N) is 1. The fourth-order valence-corrected chi connectivity index (χ4v) is 1.23. The van der Waals surface area contributed by atoms with E-state index in [1.165, 1.54) is 12.1 Å². The Kier molecular flexibility index (Phi) is 4.86. The van der Waals surface area contributed by atoms with Crippen molar-refractivity contribution in [3.63, 3.8) is 0 Å². The third kappa shape index (κ3) is 4.14. The van der Waals surface area contributed by atoms with Gasteiger partial charge in [-0.15, -0.1) is 0 Å². The minimum atomic E-state index is -0.218. The van der Waals surface area contributed by atoms with Crippen molar-refractivity contribution in [3.8, 4) is 11.8 Å². The summed E-state index contributed by atoms with van der Waals surface area (Å²) in [5, 5.41) is 0. The van der Waals surface area contributed by atoms with E-state index in [9.17, 15) is 4.39 Å². The predicted molar refractivity (Wildman–Crippen MR) is 61.1 cm³/mol. The topological polar surface area (TPSA) is 3.24 Å². The van der Waals surface area contributed by atoms with Crippen LogP contribution in [0.15, 0.2) is 24.3 Å². The molecule has 0 aromatic heterocycles. The van der Waals surface area contributed by atoms with Gasteiger partial charge < -0.3 is 0 Å². The van der Waals surface area contributed by atoms with Crippen LogP contribution in [0, 0.1) is 17.7 Å². The van der Waals surface area contributed by atoms with E-state index in [0.29, 0.717) is 0 Å². The third-order valence-electron chi connectivity index (χ3n) is 2.27. The van der Waals surface area contributed by atoms with E-state index < -0.39 is 0 Å². The van der Waals surface area contributed by atoms with Gasteiger partial charge in [0.1, 0.15) is 5.82 Å². The largest absolute Gasteiger partial charge is 0.293 e. The molecule has 15 heavy (non-hydrogen) atoms. The van der Waals surface area contributed by atoms with Gasteiger partial charge in [-0.25, -0.2) is 4.39 Å². The summed E-state index contributed by atoms with van der Waals surface area (Å²) < 4.78 is 12.6. The molecule has 0 amide bonds. The average molecular weight is 205 g/mol. The van der Waals surface area contributed by atoms with Gasteiger partial charge in [0.25, 0.3) is 0 Å². The third-order valence-corrected chi connectivity index (χ3v) is 2.27. The number of hydrogen-bond acceptors (Lipinski definition) is 1. The summed E-state index contributed by atoms with van der Waals surface area (Å²) in [4.78, 5) is 2.23. The van der Waals surface area contributed by atoms with Crippen LogP contribution < -0.4 is 0 Å². The Labute approximate surface area is 90.9 Å². The Hall–Kier alpha value is -1.33. The van der Waals surface area contributed by atoms with Crippen LogP contribution in [0.1, 0.15) is 19.4 Å². The summed E-state index contributed by atoms with van der Waals surface area (Å²) in [6.07, 6.45) is 0. The standard InChI is InChI=1S/C13H16FN/c1-3-15(4-2)11-5-6-12-7-9-13(14)10-8-12/h7-10H,3-4,11H2,1-2H3. The molecule has 1 aromatic carbocycles. The SMILES string of the molecule is CCN(CC)CC#Cc1ccc(F)cc1. The smallest absolute Gasteiger partial charge is 0.123 e. The molecule has 0 fully saturated rings. The molecule has 0 spiro atoms. The van der Waals surface area contributed by atoms with Gasteiger partial charge in [-0.05, 0) is 37.4 Å². The summed E-state index contributed by atoms with van der Waals surface area (Å²) in [7, 11) is 0. The quantitative estimate of drug-likeness (QED) is 0.685. The van der Waals surface area contributed by atoms with Crippen LogP contribution >= 0.6 is 0 Å². The van der Waals surface area contributed by atoms with Gasteiger partial charge in [0, 0.05) is 5.56 Å². The molecule has 0 aliphatic rings. The van der Waals surface area contributed by atoms with Crippen LogP contribution in [-0.4, -0.2) is 24.5 Å². The summed E-state index contributed by atoms with van der Waals surface area (Å²) in [6.45, 7) is 7.01. The van der Waals surface area contributed by atoms with Crippen molar-refractivity contribution < 1.29 is 4.39 Å². The number of hydrogen-bond donors (Lipinski definition) is 0. The molecule has 1 nitrogen and oxygen atoms in total. The highest BCUT2D eigenvalue weighted by molar-refractivity contribution is 5.34. The minimum Gasteiger partial charge on any atom is -0.293 e. The first-order valence-corrected chi connectivity index (χ1v) is 5.23. The Morgan fingerprint density at radius 1 is 1.13 bits per heavy atom. The molecule has 1 aromatic rings. The van der Waals surface area contributed by atoms with E-state index in [2.05, 4.69) is 30.6 Å². The molecule has 2 heteroatoms. The first-order valence-electron chi connectivity index (χ1n) is 5.23. The Bertz CT molecular complexity index is 341. The van der Waals surface area contributed by atoms with Crippen molar-refractivity contribution in [1.29, 1.82) is 0 Å². The van der Waals surface area contributed by atoms with Crippen LogP contribution in [-0.2, 0) is 0 Å². The molecular weight excluding hydrogens is 189 g/mol. The molecule has 1 rings (SSSR count). The molecule has 80 valence electrons. The summed E-state index contributed by atoms with van der Waals surface area (Å²) in [6, 6.07) is 6.26. The number of rotatable bonds is 3. The molecule has 0 heterocycles. The number of benzene rings is 1. The van der Waals surface area contributed by atoms with Crippen molar-refractivity contribution in [2.75, 3.05) is 19.6 Å². The van der Waals surface area contributed by atoms with Crippen LogP contribution in [0.5, 0.6) is 0 Å². The first kappa shape index (κ1) is 11.7. The molecule has 0 bridgehead atoms. The van der Waals surface area contributed by atoms with E-state index in [0.717, 1.165) is 25.2 Å². The first-order chi connectivity index (χ1) is 7.26. The fourth-order valence-electron chi connectivity index (χ4n) is 1.23. The zero-order valence-corrected chi connectivity index (χ0v) is 9.26. The zero-order valence-electron chi connectivity index (χ0n) is 9.26. The Morgan fingerprint density at radius 2 is 1.73 bits per heavy atom. The lowest BCUT2D eigenvalue weighted by Gasteiger charge is -2.13. The van der Waals surface area contributed by atoms with Crippen molar-refractivity contribution in [3.05, 3.63) is 35.6 Å². The monoisotopic (exact) mass is 205 g/mol. The fraction of sp³-hybridized carbons (Fsp3) is 0.385. The average Bonchev–Trinajstić information content (AvgIpc) is 2.27. The van der Waals surface area contributed by atoms with Gasteiger partial charge in [0.05, 0.1) is 6.54 Å². The van der Waals surface area contributed by atoms with Crippen LogP contribution in [0.2, 0.25) is 0 Å². The molecule has 0 saturated carbocycles. The predicted octanol–water partition coefficient (Wildman–Crippen LogP) is 2.52. The van der Waals surface area contributed by atoms with Crippen molar-refractivity contribution in [2.24, 2.45) is 0 Å². The Morgan fingerprint density at radius 3 is 2.27 bits per heavy atom. The second-order valence-electron chi connectivity index (χ2n) is 3.27. The van der Waals surface area contributed by atoms with Crippen LogP contribution in [0.3, 0.4) is 0 Å². The highest BCUT2D eigenvalue weighted by Crippen LogP contribution is 2.00. The molecule has 0 radical (unpaired) electrons. The normalized spacial score (nSPS) is 9.87. The molecule has 0 aliphatic heterocycles. The van der Waals surface area contributed by atoms with Crippen LogP contribution in [0.4, 0.5) is 4.39 Å². The van der Waals surface area contributed by atoms with Gasteiger partial charge in [0.2, 0.25) is 0 Å². The van der Waals surface area contributed by atoms with Crippen molar-refractivity contribution in [2.45, 2.75) is 13.8 Å². The van der Waals surface area contributed by atoms with Gasteiger partial charge in [-0.2, -0.15) is 0 Å². The molecule has 0 saturated heterocycles. The van der Waals surface area contributed by atoms with E-state index in [1.54, 1.807) is 12.1 Å². The van der Waals surface area contributed by atoms with Gasteiger partial charge in [0.15, 0.2) is 0 Å². The van der Waals surface area contributed by atoms with Crippen molar-refractivity contribution >= 4 is 0 Å². The molecule has 0 N–H and O–H groups in total. The maximum atomic E-state index is 12.6. The molecule has 0 atom stereocenters. The summed E-state index contributed by atoms with van der Waals surface area (Å²) in [5.41, 5.74) is 0.864. The van der Waals surface area contributed by atoms with Crippen LogP contribution in [0.25, 0.3) is 0 Å². The molecular formula is C13H16FN. The summed E-state index contributed by atoms with van der Waals surface area (Å²) in [5.74, 6) is 5.87. The van der Waals surface area contributed by atoms with Gasteiger partial charge >= 0.3 is 0 Å².